The number of unbranched alkanes of at least 4 members (excludes halogenated alkanes) is 2. The molecule has 0 bridgehead atoms. The number of anilines is 3. The van der Waals surface area contributed by atoms with Gasteiger partial charge in [-0.15, -0.1) is 12.4 Å². The van der Waals surface area contributed by atoms with Gasteiger partial charge < -0.3 is 21.4 Å². The van der Waals surface area contributed by atoms with Gasteiger partial charge in [-0.1, -0.05) is 108 Å². The van der Waals surface area contributed by atoms with E-state index in [1.54, 1.807) is 0 Å². The van der Waals surface area contributed by atoms with Crippen molar-refractivity contribution in [1.82, 2.24) is 14.7 Å². The van der Waals surface area contributed by atoms with Crippen LogP contribution >= 0.6 is 12.4 Å². The molecule has 11 heteroatoms. The number of likely N-dealkylation sites (N-methyl/N-ethyl adjacent to an activating group) is 1. The van der Waals surface area contributed by atoms with Gasteiger partial charge in [0.2, 0.25) is 17.7 Å². The molecule has 3 amide bonds. The summed E-state index contributed by atoms with van der Waals surface area (Å²) in [4.78, 5) is 44.1. The maximum Gasteiger partial charge on any atom is 0.241 e. The SMILES string of the molecule is CCCCN1CCCCC1C(=O)Nc1c(C)cccc1C.CCCCN1CCCC[C@H]1C(=O)Nc1c(C)cccc1C.CCN(CC)CC(=O)Nc1c(C)cccc1C.Cl.O. The summed E-state index contributed by atoms with van der Waals surface area (Å²) >= 11 is 0. The van der Waals surface area contributed by atoms with Crippen LogP contribution in [0.5, 0.6) is 0 Å². The fraction of sp³-hybridized carbons (Fsp3) is 0.580. The third-order valence-electron chi connectivity index (χ3n) is 11.9. The number of carbonyl (C=O) groups is 3. The van der Waals surface area contributed by atoms with Crippen molar-refractivity contribution in [2.24, 2.45) is 0 Å². The molecule has 2 saturated heterocycles. The number of benzene rings is 3. The van der Waals surface area contributed by atoms with E-state index in [9.17, 15) is 14.4 Å². The van der Waals surface area contributed by atoms with E-state index in [2.05, 4.69) is 110 Å². The number of aryl methyl sites for hydroxylation is 6. The zero-order chi connectivity index (χ0) is 43.3. The van der Waals surface area contributed by atoms with Crippen LogP contribution in [-0.4, -0.2) is 95.8 Å². The van der Waals surface area contributed by atoms with E-state index in [0.717, 1.165) is 115 Å². The largest absolute Gasteiger partial charge is 0.412 e. The Hall–Kier alpha value is -3.80. The average molecular weight is 866 g/mol. The minimum absolute atomic E-state index is 0. The summed E-state index contributed by atoms with van der Waals surface area (Å²) in [5.74, 6) is 0.400. The Morgan fingerprint density at radius 1 is 0.557 bits per heavy atom. The first-order valence-corrected chi connectivity index (χ1v) is 22.7. The van der Waals surface area contributed by atoms with Crippen LogP contribution in [0.3, 0.4) is 0 Å². The highest BCUT2D eigenvalue weighted by atomic mass is 35.5. The number of para-hydroxylation sites is 3. The summed E-state index contributed by atoms with van der Waals surface area (Å²) in [7, 11) is 0. The highest BCUT2D eigenvalue weighted by molar-refractivity contribution is 5.97. The number of nitrogens with zero attached hydrogens (tertiary/aromatic N) is 3. The normalized spacial score (nSPS) is 16.4. The molecule has 10 nitrogen and oxygen atoms in total. The fourth-order valence-corrected chi connectivity index (χ4v) is 8.11. The first-order chi connectivity index (χ1) is 28.3. The highest BCUT2D eigenvalue weighted by Crippen LogP contribution is 2.25. The molecule has 61 heavy (non-hydrogen) atoms. The molecule has 2 fully saturated rings. The van der Waals surface area contributed by atoms with Gasteiger partial charge in [-0.3, -0.25) is 29.1 Å². The van der Waals surface area contributed by atoms with Gasteiger partial charge in [-0.25, -0.2) is 0 Å². The third-order valence-corrected chi connectivity index (χ3v) is 11.9. The Balaban J connectivity index is 0.000000453. The number of hydrogen-bond donors (Lipinski definition) is 3. The van der Waals surface area contributed by atoms with Crippen LogP contribution in [0.4, 0.5) is 17.1 Å². The lowest BCUT2D eigenvalue weighted by Gasteiger charge is -2.34. The molecule has 1 unspecified atom stereocenters. The lowest BCUT2D eigenvalue weighted by atomic mass is 10.00. The summed E-state index contributed by atoms with van der Waals surface area (Å²) < 4.78 is 0. The predicted octanol–water partition coefficient (Wildman–Crippen LogP) is 9.97. The summed E-state index contributed by atoms with van der Waals surface area (Å²) in [6, 6.07) is 18.4. The Kier molecular flexibility index (Phi) is 26.7. The van der Waals surface area contributed by atoms with Gasteiger partial charge in [0, 0.05) is 17.1 Å². The van der Waals surface area contributed by atoms with Crippen LogP contribution in [-0.2, 0) is 14.4 Å². The number of piperidine rings is 2. The molecule has 0 spiro atoms. The van der Waals surface area contributed by atoms with Gasteiger partial charge in [0.1, 0.15) is 0 Å². The molecule has 2 heterocycles. The van der Waals surface area contributed by atoms with Gasteiger partial charge in [0.15, 0.2) is 0 Å². The van der Waals surface area contributed by atoms with Crippen LogP contribution in [0.25, 0.3) is 0 Å². The number of halogens is 1. The molecule has 3 aromatic rings. The molecule has 5 rings (SSSR count). The first-order valence-electron chi connectivity index (χ1n) is 22.7. The monoisotopic (exact) mass is 865 g/mol. The maximum absolute atomic E-state index is 12.7. The molecular formula is C50H81ClN6O4. The summed E-state index contributed by atoms with van der Waals surface area (Å²) in [5, 5.41) is 9.35. The van der Waals surface area contributed by atoms with Crippen LogP contribution in [0.1, 0.15) is 125 Å². The van der Waals surface area contributed by atoms with E-state index in [-0.39, 0.29) is 47.7 Å². The van der Waals surface area contributed by atoms with Crippen molar-refractivity contribution < 1.29 is 19.9 Å². The van der Waals surface area contributed by atoms with Crippen molar-refractivity contribution in [2.75, 3.05) is 61.8 Å². The number of likely N-dealkylation sites (tertiary alicyclic amines) is 2. The quantitative estimate of drug-likeness (QED) is 0.140. The Labute approximate surface area is 375 Å². The average Bonchev–Trinajstić information content (AvgIpc) is 3.23. The molecule has 0 saturated carbocycles. The zero-order valence-electron chi connectivity index (χ0n) is 39.3. The van der Waals surface area contributed by atoms with E-state index in [1.807, 2.05) is 44.2 Å². The molecule has 0 aromatic heterocycles. The molecule has 2 aliphatic heterocycles. The van der Waals surface area contributed by atoms with E-state index in [1.165, 1.54) is 38.5 Å². The number of nitrogens with one attached hydrogen (secondary N) is 3. The van der Waals surface area contributed by atoms with E-state index < -0.39 is 0 Å². The zero-order valence-corrected chi connectivity index (χ0v) is 40.2. The second-order valence-corrected chi connectivity index (χ2v) is 16.6. The van der Waals surface area contributed by atoms with Gasteiger partial charge in [0.05, 0.1) is 18.6 Å². The standard InChI is InChI=1S/2C18H28N2O.C14H22N2O.ClH.H2O/c2*1-4-5-12-20-13-7-6-11-16(20)18(21)19-17-14(2)9-8-10-15(17)3;1-5-16(6-2)10-13(17)15-14-11(3)8-7-9-12(14)4;;/h2*8-10,16H,4-7,11-13H2,1-3H3,(H,19,21);7-9H,5-6,10H2,1-4H3,(H,15,17);1H;1H2/t16-;;;;/m0..../s1. The van der Waals surface area contributed by atoms with Crippen LogP contribution < -0.4 is 16.0 Å². The van der Waals surface area contributed by atoms with Crippen molar-refractivity contribution in [3.63, 3.8) is 0 Å². The van der Waals surface area contributed by atoms with E-state index in [4.69, 9.17) is 0 Å². The van der Waals surface area contributed by atoms with Crippen molar-refractivity contribution in [1.29, 1.82) is 0 Å². The predicted molar refractivity (Wildman–Crippen MR) is 261 cm³/mol. The minimum atomic E-state index is 0. The molecule has 2 aliphatic rings. The fourth-order valence-electron chi connectivity index (χ4n) is 8.11. The van der Waals surface area contributed by atoms with Gasteiger partial charge in [-0.2, -0.15) is 0 Å². The Morgan fingerprint density at radius 2 is 0.885 bits per heavy atom. The number of amides is 3. The summed E-state index contributed by atoms with van der Waals surface area (Å²) in [6.45, 7) is 27.2. The highest BCUT2D eigenvalue weighted by Gasteiger charge is 2.30. The molecular weight excluding hydrogens is 784 g/mol. The molecule has 2 atom stereocenters. The second-order valence-electron chi connectivity index (χ2n) is 16.6. The Morgan fingerprint density at radius 3 is 1.20 bits per heavy atom. The number of rotatable bonds is 15. The van der Waals surface area contributed by atoms with Gasteiger partial charge in [-0.05, 0) is 153 Å². The topological polar surface area (TPSA) is 129 Å². The van der Waals surface area contributed by atoms with Crippen LogP contribution in [0.2, 0.25) is 0 Å². The summed E-state index contributed by atoms with van der Waals surface area (Å²) in [5.41, 5.74) is 9.70. The molecule has 5 N–H and O–H groups in total. The van der Waals surface area contributed by atoms with Crippen molar-refractivity contribution in [2.45, 2.75) is 146 Å². The lowest BCUT2D eigenvalue weighted by molar-refractivity contribution is -0.123. The van der Waals surface area contributed by atoms with Gasteiger partial charge >= 0.3 is 0 Å². The van der Waals surface area contributed by atoms with Crippen molar-refractivity contribution in [3.05, 3.63) is 88.0 Å². The minimum Gasteiger partial charge on any atom is -0.412 e. The lowest BCUT2D eigenvalue weighted by Crippen LogP contribution is -2.47. The second kappa shape index (κ2) is 29.5. The Bertz CT molecular complexity index is 1620. The first kappa shape index (κ1) is 55.2. The van der Waals surface area contributed by atoms with Crippen molar-refractivity contribution >= 4 is 47.2 Å². The van der Waals surface area contributed by atoms with E-state index >= 15 is 0 Å². The third kappa shape index (κ3) is 17.8. The van der Waals surface area contributed by atoms with Crippen molar-refractivity contribution in [3.8, 4) is 0 Å². The van der Waals surface area contributed by atoms with E-state index in [0.29, 0.717) is 6.54 Å². The summed E-state index contributed by atoms with van der Waals surface area (Å²) in [6.07, 6.45) is 11.4. The van der Waals surface area contributed by atoms with Crippen LogP contribution in [0, 0.1) is 41.5 Å². The number of carbonyl (C=O) groups excluding carboxylic acids is 3. The maximum atomic E-state index is 12.7. The number of hydrogen-bond acceptors (Lipinski definition) is 6. The van der Waals surface area contributed by atoms with Crippen LogP contribution in [0.15, 0.2) is 54.6 Å². The van der Waals surface area contributed by atoms with Gasteiger partial charge in [0.25, 0.3) is 0 Å². The smallest absolute Gasteiger partial charge is 0.241 e. The molecule has 0 radical (unpaired) electrons. The molecule has 342 valence electrons. The molecule has 3 aromatic carbocycles. The molecule has 0 aliphatic carbocycles.